The molecule has 0 aromatic heterocycles. The number of benzene rings is 1. The standard InChI is InChI=1S/C13H13NO4/c1-2-4-8-5-3-6-9-11(8)14(7-10(15)16)13(18)12(9)17/h3,5-6H,2,4,7H2,1H3,(H,15,16). The molecule has 0 atom stereocenters. The van der Waals surface area contributed by atoms with Gasteiger partial charge < -0.3 is 5.11 Å². The average Bonchev–Trinajstić information content (AvgIpc) is 2.56. The Balaban J connectivity index is 2.52. The number of hydrogen-bond donors (Lipinski definition) is 1. The quantitative estimate of drug-likeness (QED) is 0.812. The summed E-state index contributed by atoms with van der Waals surface area (Å²) in [6, 6.07) is 5.11. The van der Waals surface area contributed by atoms with E-state index in [4.69, 9.17) is 5.11 Å². The molecule has 0 spiro atoms. The highest BCUT2D eigenvalue weighted by Gasteiger charge is 2.38. The van der Waals surface area contributed by atoms with Gasteiger partial charge >= 0.3 is 5.97 Å². The third-order valence-corrected chi connectivity index (χ3v) is 2.89. The molecule has 18 heavy (non-hydrogen) atoms. The van der Waals surface area contributed by atoms with Crippen LogP contribution >= 0.6 is 0 Å². The van der Waals surface area contributed by atoms with Crippen LogP contribution in [-0.2, 0) is 16.0 Å². The van der Waals surface area contributed by atoms with E-state index in [0.717, 1.165) is 16.9 Å². The van der Waals surface area contributed by atoms with Gasteiger partial charge in [-0.2, -0.15) is 0 Å². The van der Waals surface area contributed by atoms with Gasteiger partial charge in [-0.25, -0.2) is 0 Å². The first kappa shape index (κ1) is 12.3. The van der Waals surface area contributed by atoms with E-state index in [-0.39, 0.29) is 0 Å². The normalized spacial score (nSPS) is 13.9. The summed E-state index contributed by atoms with van der Waals surface area (Å²) < 4.78 is 0. The average molecular weight is 247 g/mol. The number of nitrogens with zero attached hydrogens (tertiary/aromatic N) is 1. The summed E-state index contributed by atoms with van der Waals surface area (Å²) >= 11 is 0. The van der Waals surface area contributed by atoms with Gasteiger partial charge in [-0.15, -0.1) is 0 Å². The van der Waals surface area contributed by atoms with Gasteiger partial charge in [-0.1, -0.05) is 25.5 Å². The summed E-state index contributed by atoms with van der Waals surface area (Å²) in [4.78, 5) is 35.4. The molecule has 5 nitrogen and oxygen atoms in total. The predicted octanol–water partition coefficient (Wildman–Crippen LogP) is 1.25. The monoisotopic (exact) mass is 247 g/mol. The summed E-state index contributed by atoms with van der Waals surface area (Å²) in [6.07, 6.45) is 1.57. The molecular weight excluding hydrogens is 234 g/mol. The van der Waals surface area contributed by atoms with E-state index in [2.05, 4.69) is 0 Å². The van der Waals surface area contributed by atoms with E-state index in [9.17, 15) is 14.4 Å². The SMILES string of the molecule is CCCc1cccc2c1N(CC(=O)O)C(=O)C2=O. The molecule has 94 valence electrons. The Kier molecular flexibility index (Phi) is 3.14. The van der Waals surface area contributed by atoms with Crippen molar-refractivity contribution < 1.29 is 19.5 Å². The maximum Gasteiger partial charge on any atom is 0.323 e. The minimum absolute atomic E-state index is 0.312. The molecule has 0 fully saturated rings. The van der Waals surface area contributed by atoms with Crippen molar-refractivity contribution in [1.29, 1.82) is 0 Å². The molecule has 1 N–H and O–H groups in total. The zero-order valence-electron chi connectivity index (χ0n) is 9.97. The molecule has 0 radical (unpaired) electrons. The van der Waals surface area contributed by atoms with E-state index in [1.54, 1.807) is 12.1 Å². The van der Waals surface area contributed by atoms with Crippen molar-refractivity contribution in [1.82, 2.24) is 0 Å². The van der Waals surface area contributed by atoms with Crippen LogP contribution in [0.2, 0.25) is 0 Å². The highest BCUT2D eigenvalue weighted by atomic mass is 16.4. The number of Topliss-reactive ketones (excluding diaryl/α,β-unsaturated/α-hetero) is 1. The van der Waals surface area contributed by atoms with Gasteiger partial charge in [-0.05, 0) is 18.1 Å². The maximum absolute atomic E-state index is 11.8. The third-order valence-electron chi connectivity index (χ3n) is 2.89. The molecule has 5 heteroatoms. The Morgan fingerprint density at radius 3 is 2.67 bits per heavy atom. The Labute approximate surface area is 104 Å². The highest BCUT2D eigenvalue weighted by Crippen LogP contribution is 2.33. The molecule has 0 saturated heterocycles. The van der Waals surface area contributed by atoms with E-state index in [1.165, 1.54) is 0 Å². The van der Waals surface area contributed by atoms with E-state index < -0.39 is 24.2 Å². The van der Waals surface area contributed by atoms with Crippen LogP contribution in [0.4, 0.5) is 5.69 Å². The first-order valence-corrected chi connectivity index (χ1v) is 5.76. The van der Waals surface area contributed by atoms with Crippen LogP contribution in [-0.4, -0.2) is 29.3 Å². The Bertz CT molecular complexity index is 536. The minimum atomic E-state index is -1.13. The lowest BCUT2D eigenvalue weighted by molar-refractivity contribution is -0.136. The van der Waals surface area contributed by atoms with Gasteiger partial charge in [0.2, 0.25) is 0 Å². The van der Waals surface area contributed by atoms with Crippen molar-refractivity contribution in [2.75, 3.05) is 11.4 Å². The first-order chi connectivity index (χ1) is 8.56. The van der Waals surface area contributed by atoms with Gasteiger partial charge in [0.25, 0.3) is 11.7 Å². The number of para-hydroxylation sites is 1. The lowest BCUT2D eigenvalue weighted by Gasteiger charge is -2.17. The number of aliphatic carboxylic acids is 1. The molecule has 2 rings (SSSR count). The molecule has 1 amide bonds. The van der Waals surface area contributed by atoms with Gasteiger partial charge in [-0.3, -0.25) is 19.3 Å². The number of carboxylic acids is 1. The lowest BCUT2D eigenvalue weighted by Crippen LogP contribution is -2.34. The van der Waals surface area contributed by atoms with Gasteiger partial charge in [0.1, 0.15) is 6.54 Å². The second kappa shape index (κ2) is 4.60. The predicted molar refractivity (Wildman–Crippen MR) is 64.8 cm³/mol. The summed E-state index contributed by atoms with van der Waals surface area (Å²) in [5, 5.41) is 8.82. The van der Waals surface area contributed by atoms with Crippen molar-refractivity contribution in [2.24, 2.45) is 0 Å². The number of aryl methyl sites for hydroxylation is 1. The molecule has 1 aliphatic rings. The highest BCUT2D eigenvalue weighted by molar-refractivity contribution is 6.52. The second-order valence-electron chi connectivity index (χ2n) is 4.18. The molecule has 0 saturated carbocycles. The molecular formula is C13H13NO4. The summed E-state index contributed by atoms with van der Waals surface area (Å²) in [5.41, 5.74) is 1.62. The van der Waals surface area contributed by atoms with Crippen molar-refractivity contribution in [3.05, 3.63) is 29.3 Å². The van der Waals surface area contributed by atoms with Crippen molar-refractivity contribution in [3.63, 3.8) is 0 Å². The van der Waals surface area contributed by atoms with Crippen LogP contribution in [0.1, 0.15) is 29.3 Å². The number of carbonyl (C=O) groups is 3. The fourth-order valence-electron chi connectivity index (χ4n) is 2.19. The van der Waals surface area contributed by atoms with Crippen LogP contribution in [0.25, 0.3) is 0 Å². The van der Waals surface area contributed by atoms with Crippen LogP contribution in [0.15, 0.2) is 18.2 Å². The number of hydrogen-bond acceptors (Lipinski definition) is 3. The maximum atomic E-state index is 11.8. The number of amides is 1. The van der Waals surface area contributed by atoms with Gasteiger partial charge in [0.15, 0.2) is 0 Å². The number of carbonyl (C=O) groups excluding carboxylic acids is 2. The van der Waals surface area contributed by atoms with Crippen LogP contribution in [0, 0.1) is 0 Å². The Morgan fingerprint density at radius 1 is 1.33 bits per heavy atom. The molecule has 1 aromatic rings. The van der Waals surface area contributed by atoms with Crippen molar-refractivity contribution in [2.45, 2.75) is 19.8 Å². The Morgan fingerprint density at radius 2 is 2.06 bits per heavy atom. The van der Waals surface area contributed by atoms with E-state index in [0.29, 0.717) is 17.7 Å². The molecule has 1 heterocycles. The van der Waals surface area contributed by atoms with Crippen LogP contribution in [0.5, 0.6) is 0 Å². The molecule has 0 aliphatic carbocycles. The van der Waals surface area contributed by atoms with Crippen molar-refractivity contribution >= 4 is 23.3 Å². The van der Waals surface area contributed by atoms with Crippen molar-refractivity contribution in [3.8, 4) is 0 Å². The fraction of sp³-hybridized carbons (Fsp3) is 0.308. The fourth-order valence-corrected chi connectivity index (χ4v) is 2.19. The number of anilines is 1. The van der Waals surface area contributed by atoms with Gasteiger partial charge in [0.05, 0.1) is 11.3 Å². The smallest absolute Gasteiger partial charge is 0.323 e. The molecule has 1 aliphatic heterocycles. The second-order valence-corrected chi connectivity index (χ2v) is 4.18. The topological polar surface area (TPSA) is 74.7 Å². The summed E-state index contributed by atoms with van der Waals surface area (Å²) in [6.45, 7) is 1.51. The zero-order valence-corrected chi connectivity index (χ0v) is 9.97. The number of fused-ring (bicyclic) bond motifs is 1. The zero-order chi connectivity index (χ0) is 13.3. The van der Waals surface area contributed by atoms with Crippen LogP contribution in [0.3, 0.4) is 0 Å². The molecule has 1 aromatic carbocycles. The van der Waals surface area contributed by atoms with E-state index >= 15 is 0 Å². The number of rotatable bonds is 4. The summed E-state index contributed by atoms with van der Waals surface area (Å²) in [5.74, 6) is -2.50. The van der Waals surface area contributed by atoms with Crippen LogP contribution < -0.4 is 4.90 Å². The minimum Gasteiger partial charge on any atom is -0.480 e. The third kappa shape index (κ3) is 1.88. The number of ketones is 1. The molecule has 0 unspecified atom stereocenters. The van der Waals surface area contributed by atoms with E-state index in [1.807, 2.05) is 13.0 Å². The molecule has 0 bridgehead atoms. The summed E-state index contributed by atoms with van der Waals surface area (Å²) in [7, 11) is 0. The van der Waals surface area contributed by atoms with Gasteiger partial charge in [0, 0.05) is 0 Å². The Hall–Kier alpha value is -2.17. The lowest BCUT2D eigenvalue weighted by atomic mass is 10.0. The largest absolute Gasteiger partial charge is 0.480 e. The number of carboxylic acid groups (broad SMARTS) is 1. The first-order valence-electron chi connectivity index (χ1n) is 5.76.